The van der Waals surface area contributed by atoms with Crippen LogP contribution in [0.5, 0.6) is 0 Å². The van der Waals surface area contributed by atoms with Crippen molar-refractivity contribution in [1.29, 1.82) is 0 Å². The van der Waals surface area contributed by atoms with Crippen molar-refractivity contribution in [3.05, 3.63) is 0 Å². The molecule has 1 rings (SSSR count). The predicted octanol–water partition coefficient (Wildman–Crippen LogP) is 2.87. The van der Waals surface area contributed by atoms with Gasteiger partial charge < -0.3 is 0 Å². The van der Waals surface area contributed by atoms with Gasteiger partial charge in [0.1, 0.15) is 5.41 Å². The van der Waals surface area contributed by atoms with Gasteiger partial charge in [0, 0.05) is 0 Å². The Hall–Kier alpha value is -1.22. The second-order valence-electron chi connectivity index (χ2n) is 7.87. The zero-order valence-corrected chi connectivity index (χ0v) is 15.2. The largest absolute Gasteiger partial charge is 0.366 e. The second kappa shape index (κ2) is 8.24. The number of hydrogen-bond acceptors (Lipinski definition) is 8. The first kappa shape index (κ1) is 20.8. The lowest BCUT2D eigenvalue weighted by molar-refractivity contribution is -0.274. The van der Waals surface area contributed by atoms with Crippen molar-refractivity contribution in [2.45, 2.75) is 60.7 Å². The molecule has 0 saturated carbocycles. The highest BCUT2D eigenvalue weighted by Gasteiger charge is 2.51. The fourth-order valence-corrected chi connectivity index (χ4v) is 2.45. The molecule has 8 heteroatoms. The molecule has 0 aromatic rings. The average molecular weight is 348 g/mol. The molecule has 0 aliphatic carbocycles. The third kappa shape index (κ3) is 6.01. The Bertz CT molecular complexity index is 439. The minimum absolute atomic E-state index is 0.0297. The molecule has 1 aliphatic heterocycles. The normalized spacial score (nSPS) is 16.8. The van der Waals surface area contributed by atoms with E-state index in [0.717, 1.165) is 6.42 Å². The van der Waals surface area contributed by atoms with E-state index in [1.165, 1.54) is 0 Å². The highest BCUT2D eigenvalue weighted by molar-refractivity contribution is 5.79. The Morgan fingerprint density at radius 2 is 1.62 bits per heavy atom. The van der Waals surface area contributed by atoms with E-state index in [1.807, 2.05) is 13.8 Å². The van der Waals surface area contributed by atoms with Crippen LogP contribution in [0, 0.1) is 22.7 Å². The SMILES string of the molecule is CC(C)CC(COO)CC(C)(C)C(=O)OOC(=O)C(C)(C)C1OO1. The summed E-state index contributed by atoms with van der Waals surface area (Å²) >= 11 is 0. The lowest BCUT2D eigenvalue weighted by Gasteiger charge is -2.27. The van der Waals surface area contributed by atoms with Crippen molar-refractivity contribution in [3.8, 4) is 0 Å². The maximum Gasteiger partial charge on any atom is 0.366 e. The summed E-state index contributed by atoms with van der Waals surface area (Å²) in [6, 6.07) is 0. The summed E-state index contributed by atoms with van der Waals surface area (Å²) in [5.41, 5.74) is -1.98. The van der Waals surface area contributed by atoms with E-state index in [0.29, 0.717) is 12.3 Å². The van der Waals surface area contributed by atoms with Crippen LogP contribution in [0.15, 0.2) is 0 Å². The summed E-state index contributed by atoms with van der Waals surface area (Å²) in [6.07, 6.45) is 0.495. The van der Waals surface area contributed by atoms with Crippen LogP contribution >= 0.6 is 0 Å². The van der Waals surface area contributed by atoms with E-state index < -0.39 is 29.1 Å². The molecule has 0 amide bonds. The molecule has 0 aromatic carbocycles. The Morgan fingerprint density at radius 3 is 2.08 bits per heavy atom. The quantitative estimate of drug-likeness (QED) is 0.385. The van der Waals surface area contributed by atoms with Gasteiger partial charge in [-0.1, -0.05) is 13.8 Å². The number of hydrogen-bond donors (Lipinski definition) is 1. The second-order valence-corrected chi connectivity index (χ2v) is 7.87. The summed E-state index contributed by atoms with van der Waals surface area (Å²) in [5.74, 6) is -1.07. The summed E-state index contributed by atoms with van der Waals surface area (Å²) in [4.78, 5) is 47.0. The Balaban J connectivity index is 2.55. The van der Waals surface area contributed by atoms with Crippen LogP contribution in [-0.4, -0.2) is 30.1 Å². The molecule has 1 heterocycles. The van der Waals surface area contributed by atoms with Gasteiger partial charge in [0.25, 0.3) is 0 Å². The maximum absolute atomic E-state index is 12.2. The molecule has 1 atom stereocenters. The first-order valence-corrected chi connectivity index (χ1v) is 8.02. The van der Waals surface area contributed by atoms with E-state index in [2.05, 4.69) is 19.6 Å². The lowest BCUT2D eigenvalue weighted by Crippen LogP contribution is -2.36. The van der Waals surface area contributed by atoms with E-state index in [4.69, 9.17) is 10.1 Å². The molecule has 8 nitrogen and oxygen atoms in total. The van der Waals surface area contributed by atoms with Crippen molar-refractivity contribution in [2.75, 3.05) is 6.61 Å². The van der Waals surface area contributed by atoms with Crippen LogP contribution in [0.4, 0.5) is 0 Å². The van der Waals surface area contributed by atoms with Crippen LogP contribution in [0.2, 0.25) is 0 Å². The first-order chi connectivity index (χ1) is 11.0. The molecule has 0 bridgehead atoms. The Labute approximate surface area is 142 Å². The minimum atomic E-state index is -1.07. The lowest BCUT2D eigenvalue weighted by atomic mass is 9.80. The topological polar surface area (TPSA) is 107 Å². The molecule has 0 aromatic heterocycles. The molecule has 1 saturated heterocycles. The number of carbonyl (C=O) groups excluding carboxylic acids is 2. The first-order valence-electron chi connectivity index (χ1n) is 8.02. The molecule has 140 valence electrons. The fraction of sp³-hybridized carbons (Fsp3) is 0.875. The van der Waals surface area contributed by atoms with Crippen molar-refractivity contribution < 1.29 is 39.3 Å². The van der Waals surface area contributed by atoms with Crippen LogP contribution in [0.3, 0.4) is 0 Å². The van der Waals surface area contributed by atoms with Gasteiger partial charge in [-0.3, -0.25) is 5.26 Å². The molecule has 1 fully saturated rings. The van der Waals surface area contributed by atoms with E-state index in [-0.39, 0.29) is 12.5 Å². The van der Waals surface area contributed by atoms with Gasteiger partial charge in [0.2, 0.25) is 6.29 Å². The smallest absolute Gasteiger partial charge is 0.252 e. The molecule has 1 unspecified atom stereocenters. The van der Waals surface area contributed by atoms with Crippen molar-refractivity contribution in [1.82, 2.24) is 0 Å². The average Bonchev–Trinajstić information content (AvgIpc) is 3.28. The van der Waals surface area contributed by atoms with Gasteiger partial charge in [-0.2, -0.15) is 9.78 Å². The van der Waals surface area contributed by atoms with Gasteiger partial charge in [-0.05, 0) is 52.4 Å². The minimum Gasteiger partial charge on any atom is -0.252 e. The van der Waals surface area contributed by atoms with Gasteiger partial charge >= 0.3 is 11.9 Å². The third-order valence-electron chi connectivity index (χ3n) is 3.97. The van der Waals surface area contributed by atoms with Crippen molar-refractivity contribution >= 4 is 11.9 Å². The van der Waals surface area contributed by atoms with Crippen molar-refractivity contribution in [2.24, 2.45) is 22.7 Å². The van der Waals surface area contributed by atoms with Crippen LogP contribution in [0.25, 0.3) is 0 Å². The van der Waals surface area contributed by atoms with E-state index in [9.17, 15) is 9.59 Å². The Morgan fingerprint density at radius 1 is 1.08 bits per heavy atom. The van der Waals surface area contributed by atoms with E-state index >= 15 is 0 Å². The molecular weight excluding hydrogens is 320 g/mol. The van der Waals surface area contributed by atoms with Gasteiger partial charge in [-0.15, -0.1) is 0 Å². The highest BCUT2D eigenvalue weighted by atomic mass is 17.4. The summed E-state index contributed by atoms with van der Waals surface area (Å²) in [6.45, 7) is 10.7. The fourth-order valence-electron chi connectivity index (χ4n) is 2.45. The molecule has 1 N–H and O–H groups in total. The third-order valence-corrected chi connectivity index (χ3v) is 3.97. The van der Waals surface area contributed by atoms with Crippen molar-refractivity contribution in [3.63, 3.8) is 0 Å². The summed E-state index contributed by atoms with van der Waals surface area (Å²) in [7, 11) is 0. The summed E-state index contributed by atoms with van der Waals surface area (Å²) < 4.78 is 0. The van der Waals surface area contributed by atoms with Crippen LogP contribution in [0.1, 0.15) is 54.4 Å². The van der Waals surface area contributed by atoms with Crippen LogP contribution in [-0.2, 0) is 34.0 Å². The van der Waals surface area contributed by atoms with Gasteiger partial charge in [0.05, 0.1) is 12.0 Å². The molecule has 24 heavy (non-hydrogen) atoms. The highest BCUT2D eigenvalue weighted by Crippen LogP contribution is 2.35. The molecule has 0 radical (unpaired) electrons. The zero-order valence-electron chi connectivity index (χ0n) is 15.2. The number of rotatable bonds is 9. The number of carbonyl (C=O) groups is 2. The van der Waals surface area contributed by atoms with E-state index in [1.54, 1.807) is 27.7 Å². The molecule has 1 aliphatic rings. The monoisotopic (exact) mass is 348 g/mol. The van der Waals surface area contributed by atoms with Crippen LogP contribution < -0.4 is 0 Å². The van der Waals surface area contributed by atoms with Gasteiger partial charge in [-0.25, -0.2) is 24.3 Å². The van der Waals surface area contributed by atoms with Gasteiger partial charge in [0.15, 0.2) is 0 Å². The maximum atomic E-state index is 12.2. The summed E-state index contributed by atoms with van der Waals surface area (Å²) in [5, 5.41) is 8.70. The zero-order chi connectivity index (χ0) is 18.5. The molecular formula is C16H28O8. The Kier molecular flexibility index (Phi) is 7.15. The standard InChI is InChI=1S/C16H28O8/c1-10(2)7-11(9-20-19)8-15(3,4)12(17)21-22-13(18)16(5,6)14-23-24-14/h10-11,14,19H,7-9H2,1-6H3. The predicted molar refractivity (Wildman–Crippen MR) is 81.8 cm³/mol. The molecule has 0 spiro atoms.